The van der Waals surface area contributed by atoms with Crippen LogP contribution in [0.25, 0.3) is 128 Å². The zero-order chi connectivity index (χ0) is 43.6. The van der Waals surface area contributed by atoms with E-state index in [2.05, 4.69) is 120 Å². The maximum atomic E-state index is 6.54. The van der Waals surface area contributed by atoms with Crippen LogP contribution >= 0.6 is 0 Å². The zero-order valence-electron chi connectivity index (χ0n) is 35.4. The number of nitrogens with zero attached hydrogens (tertiary/aromatic N) is 6. The van der Waals surface area contributed by atoms with Crippen LogP contribution in [0.2, 0.25) is 0 Å². The Kier molecular flexibility index (Phi) is 8.70. The van der Waals surface area contributed by atoms with E-state index in [-0.39, 0.29) is 0 Å². The van der Waals surface area contributed by atoms with Crippen molar-refractivity contribution in [2.24, 2.45) is 0 Å². The normalized spacial score (nSPS) is 11.6. The molecule has 0 N–H and O–H groups in total. The van der Waals surface area contributed by atoms with Crippen molar-refractivity contribution in [2.45, 2.75) is 0 Å². The van der Waals surface area contributed by atoms with Gasteiger partial charge in [0.05, 0.1) is 22.2 Å². The fourth-order valence-electron chi connectivity index (χ4n) is 9.33. The summed E-state index contributed by atoms with van der Waals surface area (Å²) in [5.74, 6) is 2.59. The number of rotatable bonds is 7. The summed E-state index contributed by atoms with van der Waals surface area (Å²) in [5, 5.41) is 5.41. The number of furan rings is 1. The quantitative estimate of drug-likeness (QED) is 0.159. The number of hydrogen-bond donors (Lipinski definition) is 0. The van der Waals surface area contributed by atoms with E-state index >= 15 is 0 Å². The Morgan fingerprint density at radius 3 is 1.50 bits per heavy atom. The van der Waals surface area contributed by atoms with Crippen LogP contribution in [-0.4, -0.2) is 29.5 Å². The van der Waals surface area contributed by atoms with Crippen molar-refractivity contribution in [1.82, 2.24) is 29.5 Å². The van der Waals surface area contributed by atoms with Gasteiger partial charge in [-0.2, -0.15) is 0 Å². The van der Waals surface area contributed by atoms with Gasteiger partial charge in [0.2, 0.25) is 0 Å². The van der Waals surface area contributed by atoms with Crippen LogP contribution in [0, 0.1) is 0 Å². The predicted octanol–water partition coefficient (Wildman–Crippen LogP) is 14.8. The third-order valence-electron chi connectivity index (χ3n) is 12.5. The van der Waals surface area contributed by atoms with Gasteiger partial charge in [0.1, 0.15) is 11.2 Å². The van der Waals surface area contributed by atoms with E-state index in [0.717, 1.165) is 94.2 Å². The average Bonchev–Trinajstić information content (AvgIpc) is 3.94. The van der Waals surface area contributed by atoms with Gasteiger partial charge in [-0.15, -0.1) is 0 Å². The lowest BCUT2D eigenvalue weighted by atomic mass is 9.97. The van der Waals surface area contributed by atoms with Crippen molar-refractivity contribution in [3.05, 3.63) is 218 Å². The molecule has 66 heavy (non-hydrogen) atoms. The summed E-state index contributed by atoms with van der Waals surface area (Å²) in [6, 6.07) is 75.2. The molecule has 0 saturated heterocycles. The molecule has 9 aromatic carbocycles. The summed E-state index contributed by atoms with van der Waals surface area (Å²) >= 11 is 0. The smallest absolute Gasteiger partial charge is 0.164 e. The monoisotopic (exact) mass is 844 g/mol. The number of aromatic nitrogens is 6. The summed E-state index contributed by atoms with van der Waals surface area (Å²) in [7, 11) is 0. The molecular weight excluding hydrogens is 809 g/mol. The van der Waals surface area contributed by atoms with Crippen LogP contribution in [-0.2, 0) is 0 Å². The fourth-order valence-corrected chi connectivity index (χ4v) is 9.33. The van der Waals surface area contributed by atoms with E-state index in [0.29, 0.717) is 23.3 Å². The Hall–Kier alpha value is -9.07. The zero-order valence-corrected chi connectivity index (χ0v) is 35.4. The minimum absolute atomic E-state index is 0.623. The lowest BCUT2D eigenvalue weighted by Gasteiger charge is -2.11. The first-order valence-electron chi connectivity index (χ1n) is 22.0. The fraction of sp³-hybridized carbons (Fsp3) is 0. The standard InChI is InChI=1S/C59H36N6O/c1-4-15-37(16-5-1)56-60-49-24-12-10-22-45(49)55(61-56)46-23-14-26-53-54(46)48-36-42(30-34-52(48)66-53)41-29-33-51-47(35-41)44-21-11-13-25-50(44)65(51)43-31-27-40(28-32-43)59-63-57(38-17-6-2-7-18-38)62-58(64-59)39-19-8-3-9-20-39/h1-36H. The first-order valence-corrected chi connectivity index (χ1v) is 22.0. The summed E-state index contributed by atoms with van der Waals surface area (Å²) in [4.78, 5) is 25.0. The van der Waals surface area contributed by atoms with Crippen LogP contribution in [0.4, 0.5) is 0 Å². The van der Waals surface area contributed by atoms with Crippen LogP contribution in [0.5, 0.6) is 0 Å². The van der Waals surface area contributed by atoms with Gasteiger partial charge >= 0.3 is 0 Å². The summed E-state index contributed by atoms with van der Waals surface area (Å²) in [5.41, 5.74) is 13.7. The number of fused-ring (bicyclic) bond motifs is 7. The van der Waals surface area contributed by atoms with Crippen LogP contribution in [0.1, 0.15) is 0 Å². The molecule has 4 aromatic heterocycles. The first kappa shape index (κ1) is 37.5. The van der Waals surface area contributed by atoms with Crippen LogP contribution < -0.4 is 0 Å². The number of para-hydroxylation sites is 2. The Bertz CT molecular complexity index is 3920. The van der Waals surface area contributed by atoms with Gasteiger partial charge in [-0.05, 0) is 77.9 Å². The molecule has 0 saturated carbocycles. The van der Waals surface area contributed by atoms with Gasteiger partial charge in [-0.25, -0.2) is 24.9 Å². The molecule has 7 nitrogen and oxygen atoms in total. The highest BCUT2D eigenvalue weighted by molar-refractivity contribution is 6.16. The Morgan fingerprint density at radius 2 is 0.833 bits per heavy atom. The Morgan fingerprint density at radius 1 is 0.318 bits per heavy atom. The van der Waals surface area contributed by atoms with E-state index in [1.807, 2.05) is 103 Å². The molecule has 13 rings (SSSR count). The third-order valence-corrected chi connectivity index (χ3v) is 12.5. The molecule has 0 unspecified atom stereocenters. The molecule has 0 atom stereocenters. The average molecular weight is 845 g/mol. The largest absolute Gasteiger partial charge is 0.456 e. The van der Waals surface area contributed by atoms with E-state index in [1.165, 1.54) is 10.8 Å². The van der Waals surface area contributed by atoms with Gasteiger partial charge in [-0.3, -0.25) is 0 Å². The number of hydrogen-bond acceptors (Lipinski definition) is 6. The second-order valence-electron chi connectivity index (χ2n) is 16.4. The van der Waals surface area contributed by atoms with Crippen molar-refractivity contribution >= 4 is 54.6 Å². The molecule has 0 aliphatic carbocycles. The summed E-state index contributed by atoms with van der Waals surface area (Å²) < 4.78 is 8.88. The van der Waals surface area contributed by atoms with E-state index in [9.17, 15) is 0 Å². The molecule has 0 bridgehead atoms. The molecule has 308 valence electrons. The maximum absolute atomic E-state index is 6.54. The van der Waals surface area contributed by atoms with E-state index < -0.39 is 0 Å². The lowest BCUT2D eigenvalue weighted by Crippen LogP contribution is -2.00. The first-order chi connectivity index (χ1) is 32.7. The van der Waals surface area contributed by atoms with Gasteiger partial charge in [0.25, 0.3) is 0 Å². The second kappa shape index (κ2) is 15.3. The van der Waals surface area contributed by atoms with Gasteiger partial charge in [-0.1, -0.05) is 152 Å². The third kappa shape index (κ3) is 6.32. The molecule has 13 aromatic rings. The summed E-state index contributed by atoms with van der Waals surface area (Å²) in [6.45, 7) is 0. The van der Waals surface area contributed by atoms with Gasteiger partial charge < -0.3 is 8.98 Å². The van der Waals surface area contributed by atoms with E-state index in [4.69, 9.17) is 29.3 Å². The van der Waals surface area contributed by atoms with E-state index in [1.54, 1.807) is 0 Å². The minimum Gasteiger partial charge on any atom is -0.456 e. The molecule has 7 heteroatoms. The molecule has 0 fully saturated rings. The minimum atomic E-state index is 0.623. The van der Waals surface area contributed by atoms with Crippen molar-refractivity contribution in [1.29, 1.82) is 0 Å². The van der Waals surface area contributed by atoms with Crippen LogP contribution in [0.15, 0.2) is 223 Å². The highest BCUT2D eigenvalue weighted by atomic mass is 16.3. The number of benzene rings is 9. The second-order valence-corrected chi connectivity index (χ2v) is 16.4. The van der Waals surface area contributed by atoms with Crippen molar-refractivity contribution < 1.29 is 4.42 Å². The summed E-state index contributed by atoms with van der Waals surface area (Å²) in [6.07, 6.45) is 0. The molecular formula is C59H36N6O. The van der Waals surface area contributed by atoms with Gasteiger partial charge in [0, 0.05) is 60.4 Å². The van der Waals surface area contributed by atoms with Gasteiger partial charge in [0.15, 0.2) is 23.3 Å². The van der Waals surface area contributed by atoms with Crippen molar-refractivity contribution in [2.75, 3.05) is 0 Å². The maximum Gasteiger partial charge on any atom is 0.164 e. The molecule has 0 spiro atoms. The predicted molar refractivity (Wildman–Crippen MR) is 267 cm³/mol. The highest BCUT2D eigenvalue weighted by Gasteiger charge is 2.20. The molecule has 4 heterocycles. The Labute approximate surface area is 379 Å². The van der Waals surface area contributed by atoms with Crippen molar-refractivity contribution in [3.63, 3.8) is 0 Å². The van der Waals surface area contributed by atoms with Crippen LogP contribution in [0.3, 0.4) is 0 Å². The SMILES string of the molecule is c1ccc(-c2nc(-c3ccccc3)nc(-c3ccc(-n4c5ccccc5c5cc(-c6ccc7oc8cccc(-c9nc(-c%10ccccc%10)nc%10ccccc9%10)c8c7c6)ccc54)cc3)n2)cc1. The lowest BCUT2D eigenvalue weighted by molar-refractivity contribution is 0.669. The molecule has 0 amide bonds. The topological polar surface area (TPSA) is 82.5 Å². The molecule has 0 aliphatic rings. The van der Waals surface area contributed by atoms with Crippen molar-refractivity contribution in [3.8, 4) is 73.6 Å². The molecule has 0 radical (unpaired) electrons. The highest BCUT2D eigenvalue weighted by Crippen LogP contribution is 2.42. The Balaban J connectivity index is 0.910. The molecule has 0 aliphatic heterocycles.